The second-order valence-electron chi connectivity index (χ2n) is 8.53. The first kappa shape index (κ1) is 22.4. The smallest absolute Gasteiger partial charge is 0.147 e. The van der Waals surface area contributed by atoms with E-state index in [1.165, 1.54) is 18.9 Å². The monoisotopic (exact) mass is 498 g/mol. The SMILES string of the molecule is Cc1nc(C)c(-c2csc(Cc3ccc(CN(CC4CC4)c4ccc(Cl)cc4F)cn3)n2)s1. The van der Waals surface area contributed by atoms with Gasteiger partial charge >= 0.3 is 0 Å². The molecule has 1 aliphatic carbocycles. The van der Waals surface area contributed by atoms with Gasteiger partial charge in [0.2, 0.25) is 0 Å². The minimum absolute atomic E-state index is 0.279. The summed E-state index contributed by atoms with van der Waals surface area (Å²) in [6.45, 7) is 5.51. The second kappa shape index (κ2) is 9.49. The summed E-state index contributed by atoms with van der Waals surface area (Å²) in [5, 5.41) is 4.61. The zero-order chi connectivity index (χ0) is 22.9. The van der Waals surface area contributed by atoms with Gasteiger partial charge in [-0.3, -0.25) is 4.98 Å². The van der Waals surface area contributed by atoms with Gasteiger partial charge in [-0.1, -0.05) is 17.7 Å². The van der Waals surface area contributed by atoms with Gasteiger partial charge in [-0.15, -0.1) is 22.7 Å². The van der Waals surface area contributed by atoms with Crippen LogP contribution >= 0.6 is 34.3 Å². The first-order valence-electron chi connectivity index (χ1n) is 11.0. The minimum atomic E-state index is -0.279. The molecule has 0 spiro atoms. The first-order chi connectivity index (χ1) is 15.9. The second-order valence-corrected chi connectivity index (χ2v) is 11.1. The highest BCUT2D eigenvalue weighted by Crippen LogP contribution is 2.34. The summed E-state index contributed by atoms with van der Waals surface area (Å²) in [6, 6.07) is 9.04. The number of hydrogen-bond donors (Lipinski definition) is 0. The zero-order valence-electron chi connectivity index (χ0n) is 18.5. The molecule has 1 aromatic carbocycles. The summed E-state index contributed by atoms with van der Waals surface area (Å²) < 4.78 is 14.6. The number of anilines is 1. The van der Waals surface area contributed by atoms with E-state index in [1.807, 2.05) is 26.1 Å². The van der Waals surface area contributed by atoms with Crippen molar-refractivity contribution in [3.05, 3.63) is 79.7 Å². The lowest BCUT2D eigenvalue weighted by Crippen LogP contribution is -2.26. The third kappa shape index (κ3) is 5.42. The summed E-state index contributed by atoms with van der Waals surface area (Å²) in [5.74, 6) is 0.357. The Balaban J connectivity index is 1.28. The van der Waals surface area contributed by atoms with E-state index in [2.05, 4.69) is 26.3 Å². The van der Waals surface area contributed by atoms with E-state index < -0.39 is 0 Å². The Morgan fingerprint density at radius 2 is 2.00 bits per heavy atom. The molecule has 4 aromatic rings. The van der Waals surface area contributed by atoms with Crippen molar-refractivity contribution in [1.82, 2.24) is 15.0 Å². The lowest BCUT2D eigenvalue weighted by atomic mass is 10.2. The lowest BCUT2D eigenvalue weighted by molar-refractivity contribution is 0.609. The molecule has 0 N–H and O–H groups in total. The van der Waals surface area contributed by atoms with Crippen LogP contribution in [-0.2, 0) is 13.0 Å². The summed E-state index contributed by atoms with van der Waals surface area (Å²) in [4.78, 5) is 17.2. The molecular formula is C25H24ClFN4S2. The third-order valence-corrected chi connectivity index (χ3v) is 7.88. The van der Waals surface area contributed by atoms with Crippen LogP contribution in [0.15, 0.2) is 41.9 Å². The average molecular weight is 499 g/mol. The number of nitrogens with zero attached hydrogens (tertiary/aromatic N) is 4. The molecule has 3 heterocycles. The molecule has 8 heteroatoms. The Morgan fingerprint density at radius 1 is 1.15 bits per heavy atom. The number of aromatic nitrogens is 3. The Morgan fingerprint density at radius 3 is 2.67 bits per heavy atom. The molecule has 170 valence electrons. The topological polar surface area (TPSA) is 41.9 Å². The van der Waals surface area contributed by atoms with Crippen LogP contribution in [0.2, 0.25) is 5.02 Å². The van der Waals surface area contributed by atoms with Gasteiger partial charge in [0.1, 0.15) is 5.82 Å². The Bertz CT molecular complexity index is 1260. The molecule has 0 unspecified atom stereocenters. The number of pyridine rings is 1. The van der Waals surface area contributed by atoms with Crippen molar-refractivity contribution in [3.8, 4) is 10.6 Å². The predicted octanol–water partition coefficient (Wildman–Crippen LogP) is 7.08. The number of rotatable bonds is 8. The first-order valence-corrected chi connectivity index (χ1v) is 13.0. The van der Waals surface area contributed by atoms with Gasteiger partial charge in [0.05, 0.1) is 32.0 Å². The quantitative estimate of drug-likeness (QED) is 0.260. The third-order valence-electron chi connectivity index (χ3n) is 5.71. The van der Waals surface area contributed by atoms with E-state index in [0.717, 1.165) is 44.1 Å². The van der Waals surface area contributed by atoms with Gasteiger partial charge < -0.3 is 4.90 Å². The number of thiazole rings is 2. The van der Waals surface area contributed by atoms with Crippen LogP contribution in [0.1, 0.15) is 39.8 Å². The zero-order valence-corrected chi connectivity index (χ0v) is 20.9. The summed E-state index contributed by atoms with van der Waals surface area (Å²) in [7, 11) is 0. The molecule has 0 saturated heterocycles. The fraction of sp³-hybridized carbons (Fsp3) is 0.320. The van der Waals surface area contributed by atoms with Crippen LogP contribution in [0.25, 0.3) is 10.6 Å². The maximum atomic E-state index is 14.6. The predicted molar refractivity (Wildman–Crippen MR) is 135 cm³/mol. The van der Waals surface area contributed by atoms with E-state index >= 15 is 0 Å². The number of hydrogen-bond acceptors (Lipinski definition) is 6. The number of aryl methyl sites for hydroxylation is 2. The Labute approximate surface area is 206 Å². The highest BCUT2D eigenvalue weighted by Gasteiger charge is 2.26. The normalized spacial score (nSPS) is 13.5. The standard InChI is InChI=1S/C25H24ClFN4S2/c1-15-25(33-16(2)29-15)22-14-32-24(30-22)10-20-7-5-18(11-28-20)13-31(12-17-3-4-17)23-8-6-19(26)9-21(23)27/h5-9,11,14,17H,3-4,10,12-13H2,1-2H3. The largest absolute Gasteiger partial charge is 0.365 e. The van der Waals surface area contributed by atoms with Crippen LogP contribution in [0.3, 0.4) is 0 Å². The van der Waals surface area contributed by atoms with Gasteiger partial charge in [0, 0.05) is 41.8 Å². The minimum Gasteiger partial charge on any atom is -0.365 e. The van der Waals surface area contributed by atoms with Crippen LogP contribution in [0.4, 0.5) is 10.1 Å². The molecule has 0 aliphatic heterocycles. The fourth-order valence-electron chi connectivity index (χ4n) is 3.89. The highest BCUT2D eigenvalue weighted by atomic mass is 35.5. The maximum Gasteiger partial charge on any atom is 0.147 e. The molecule has 0 amide bonds. The van der Waals surface area contributed by atoms with Crippen molar-refractivity contribution >= 4 is 40.0 Å². The molecule has 0 radical (unpaired) electrons. The van der Waals surface area contributed by atoms with E-state index in [1.54, 1.807) is 34.8 Å². The molecule has 4 nitrogen and oxygen atoms in total. The van der Waals surface area contributed by atoms with Crippen LogP contribution in [0, 0.1) is 25.6 Å². The average Bonchev–Trinajstić information content (AvgIpc) is 3.36. The van der Waals surface area contributed by atoms with E-state index in [4.69, 9.17) is 16.6 Å². The van der Waals surface area contributed by atoms with Crippen molar-refractivity contribution in [2.75, 3.05) is 11.4 Å². The summed E-state index contributed by atoms with van der Waals surface area (Å²) >= 11 is 9.29. The molecule has 1 saturated carbocycles. The number of halogens is 2. The molecule has 33 heavy (non-hydrogen) atoms. The van der Waals surface area contributed by atoms with Crippen LogP contribution in [0.5, 0.6) is 0 Å². The van der Waals surface area contributed by atoms with Crippen LogP contribution < -0.4 is 4.90 Å². The van der Waals surface area contributed by atoms with Crippen molar-refractivity contribution in [3.63, 3.8) is 0 Å². The van der Waals surface area contributed by atoms with Crippen molar-refractivity contribution in [2.45, 2.75) is 39.7 Å². The molecule has 1 aliphatic rings. The van der Waals surface area contributed by atoms with Crippen molar-refractivity contribution in [1.29, 1.82) is 0 Å². The molecule has 0 atom stereocenters. The fourth-order valence-corrected chi connectivity index (χ4v) is 5.81. The summed E-state index contributed by atoms with van der Waals surface area (Å²) in [6.07, 6.45) is 5.01. The van der Waals surface area contributed by atoms with Crippen LogP contribution in [-0.4, -0.2) is 21.5 Å². The highest BCUT2D eigenvalue weighted by molar-refractivity contribution is 7.16. The lowest BCUT2D eigenvalue weighted by Gasteiger charge is -2.25. The molecule has 3 aromatic heterocycles. The van der Waals surface area contributed by atoms with E-state index in [-0.39, 0.29) is 5.82 Å². The molecule has 1 fully saturated rings. The van der Waals surface area contributed by atoms with Gasteiger partial charge in [-0.25, -0.2) is 14.4 Å². The van der Waals surface area contributed by atoms with E-state index in [0.29, 0.717) is 29.6 Å². The van der Waals surface area contributed by atoms with E-state index in [9.17, 15) is 4.39 Å². The van der Waals surface area contributed by atoms with Gasteiger partial charge in [0.25, 0.3) is 0 Å². The maximum absolute atomic E-state index is 14.6. The van der Waals surface area contributed by atoms with Crippen molar-refractivity contribution < 1.29 is 4.39 Å². The molecular weight excluding hydrogens is 475 g/mol. The summed E-state index contributed by atoms with van der Waals surface area (Å²) in [5.41, 5.74) is 4.66. The number of benzene rings is 1. The molecule has 0 bridgehead atoms. The van der Waals surface area contributed by atoms with Gasteiger partial charge in [0.15, 0.2) is 0 Å². The molecule has 5 rings (SSSR count). The van der Waals surface area contributed by atoms with Gasteiger partial charge in [-0.2, -0.15) is 0 Å². The Hall–Kier alpha value is -2.35. The van der Waals surface area contributed by atoms with Crippen molar-refractivity contribution in [2.24, 2.45) is 5.92 Å². The van der Waals surface area contributed by atoms with Gasteiger partial charge in [-0.05, 0) is 62.4 Å². The Kier molecular flexibility index (Phi) is 6.45.